The molecule has 0 saturated carbocycles. The molecule has 0 aliphatic carbocycles. The summed E-state index contributed by atoms with van der Waals surface area (Å²) >= 11 is 0. The van der Waals surface area contributed by atoms with E-state index in [1.165, 1.54) is 57.8 Å². The van der Waals surface area contributed by atoms with Crippen molar-refractivity contribution >= 4 is 17.7 Å². The van der Waals surface area contributed by atoms with E-state index in [1.807, 2.05) is 24.3 Å². The molecule has 0 aromatic heterocycles. The van der Waals surface area contributed by atoms with Gasteiger partial charge in [-0.05, 0) is 44.6 Å². The second-order valence-electron chi connectivity index (χ2n) is 11.7. The number of aliphatic hydroxyl groups is 1. The normalized spacial score (nSPS) is 12.6. The number of hydrogen-bond donors (Lipinski definition) is 1. The van der Waals surface area contributed by atoms with Crippen LogP contribution in [0.3, 0.4) is 0 Å². The van der Waals surface area contributed by atoms with Crippen LogP contribution in [0.25, 0.3) is 0 Å². The number of esters is 2. The van der Waals surface area contributed by atoms with Gasteiger partial charge in [-0.15, -0.1) is 0 Å². The van der Waals surface area contributed by atoms with Gasteiger partial charge in [0.25, 0.3) is 0 Å². The molecule has 6 nitrogen and oxygen atoms in total. The van der Waals surface area contributed by atoms with Gasteiger partial charge in [0.2, 0.25) is 0 Å². The predicted octanol–water partition coefficient (Wildman–Crippen LogP) is 9.85. The third-order valence-electron chi connectivity index (χ3n) is 7.29. The Labute approximate surface area is 269 Å². The van der Waals surface area contributed by atoms with Gasteiger partial charge in [0, 0.05) is 19.3 Å². The summed E-state index contributed by atoms with van der Waals surface area (Å²) < 4.78 is 10.2. The van der Waals surface area contributed by atoms with Crippen LogP contribution in [0.1, 0.15) is 155 Å². The Hall–Kier alpha value is -2.47. The van der Waals surface area contributed by atoms with E-state index in [0.717, 1.165) is 57.8 Å². The van der Waals surface area contributed by atoms with Gasteiger partial charge in [-0.25, -0.2) is 0 Å². The van der Waals surface area contributed by atoms with Gasteiger partial charge in [0.15, 0.2) is 5.78 Å². The van der Waals surface area contributed by atoms with Gasteiger partial charge in [-0.1, -0.05) is 140 Å². The van der Waals surface area contributed by atoms with Crippen molar-refractivity contribution in [1.29, 1.82) is 0 Å². The molecule has 252 valence electrons. The zero-order valence-corrected chi connectivity index (χ0v) is 28.2. The lowest BCUT2D eigenvalue weighted by molar-refractivity contribution is -0.152. The van der Waals surface area contributed by atoms with Gasteiger partial charge in [0.1, 0.15) is 19.3 Å². The van der Waals surface area contributed by atoms with Crippen molar-refractivity contribution in [1.82, 2.24) is 0 Å². The fraction of sp³-hybridized carbons (Fsp3) is 0.711. The second-order valence-corrected chi connectivity index (χ2v) is 11.7. The number of carbonyl (C=O) groups is 3. The van der Waals surface area contributed by atoms with Gasteiger partial charge < -0.3 is 14.6 Å². The number of unbranched alkanes of at least 4 members (excludes halogenated alkanes) is 14. The molecular weight excluding hydrogens is 552 g/mol. The molecule has 0 amide bonds. The maximum absolute atomic E-state index is 11.9. The lowest BCUT2D eigenvalue weighted by atomic mass is 10.0. The van der Waals surface area contributed by atoms with Crippen molar-refractivity contribution in [3.05, 3.63) is 48.6 Å². The van der Waals surface area contributed by atoms with Crippen molar-refractivity contribution in [3.63, 3.8) is 0 Å². The van der Waals surface area contributed by atoms with Crippen LogP contribution in [0.15, 0.2) is 48.6 Å². The van der Waals surface area contributed by atoms with Crippen LogP contribution in [0.4, 0.5) is 0 Å². The van der Waals surface area contributed by atoms with Crippen molar-refractivity contribution in [2.75, 3.05) is 13.2 Å². The largest absolute Gasteiger partial charge is 0.463 e. The monoisotopic (exact) mass is 616 g/mol. The molecule has 0 heterocycles. The molecule has 0 aromatic rings. The van der Waals surface area contributed by atoms with Crippen molar-refractivity contribution in [3.8, 4) is 0 Å². The summed E-state index contributed by atoms with van der Waals surface area (Å²) in [5.41, 5.74) is 0. The van der Waals surface area contributed by atoms with E-state index >= 15 is 0 Å². The molecule has 0 spiro atoms. The molecule has 0 aliphatic rings. The Kier molecular flexibility index (Phi) is 31.5. The standard InChI is InChI=1S/C38H64O6/c1-3-5-7-8-9-10-11-14-17-20-23-27-31-37(41)43-33-36(40)34-44-38(42)32-28-24-21-18-15-12-13-16-19-22-26-30-35(39)29-25-6-4-2/h12-13,18-19,21-22,26,30,36,40H,3-11,14-17,20,23-25,27-29,31-34H2,1-2H3/b13-12-,21-18-,22-19-,30-26+/t36-/m0/s1. The molecule has 0 saturated heterocycles. The number of ether oxygens (including phenoxy) is 2. The Morgan fingerprint density at radius 1 is 0.545 bits per heavy atom. The minimum absolute atomic E-state index is 0.147. The average molecular weight is 617 g/mol. The number of carbonyl (C=O) groups excluding carboxylic acids is 3. The summed E-state index contributed by atoms with van der Waals surface area (Å²) in [7, 11) is 0. The topological polar surface area (TPSA) is 89.9 Å². The van der Waals surface area contributed by atoms with Gasteiger partial charge in [0.05, 0.1) is 0 Å². The predicted molar refractivity (Wildman–Crippen MR) is 182 cm³/mol. The third-order valence-corrected chi connectivity index (χ3v) is 7.29. The van der Waals surface area contributed by atoms with E-state index in [0.29, 0.717) is 19.3 Å². The quantitative estimate of drug-likeness (QED) is 0.0274. The zero-order valence-electron chi connectivity index (χ0n) is 28.2. The van der Waals surface area contributed by atoms with E-state index in [9.17, 15) is 19.5 Å². The van der Waals surface area contributed by atoms with Crippen molar-refractivity contribution in [2.24, 2.45) is 0 Å². The SMILES string of the molecule is CCCCCCCCCCCCCCC(=O)OC[C@H](O)COC(=O)CCC/C=C\C/C=C\C/C=C\C=C\C(=O)CCCCC. The molecular formula is C38H64O6. The molecule has 0 rings (SSSR count). The maximum Gasteiger partial charge on any atom is 0.305 e. The van der Waals surface area contributed by atoms with E-state index in [-0.39, 0.29) is 37.4 Å². The molecule has 1 atom stereocenters. The van der Waals surface area contributed by atoms with Crippen LogP contribution in [0, 0.1) is 0 Å². The van der Waals surface area contributed by atoms with E-state index < -0.39 is 6.10 Å². The van der Waals surface area contributed by atoms with Gasteiger partial charge in [-0.3, -0.25) is 14.4 Å². The highest BCUT2D eigenvalue weighted by Crippen LogP contribution is 2.13. The molecule has 0 bridgehead atoms. The first-order valence-corrected chi connectivity index (χ1v) is 17.6. The highest BCUT2D eigenvalue weighted by molar-refractivity contribution is 5.89. The van der Waals surface area contributed by atoms with E-state index in [4.69, 9.17) is 9.47 Å². The molecule has 0 radical (unpaired) electrons. The number of allylic oxidation sites excluding steroid dienone is 8. The molecule has 0 aliphatic heterocycles. The fourth-order valence-corrected chi connectivity index (χ4v) is 4.56. The number of aliphatic hydroxyl groups excluding tert-OH is 1. The number of rotatable bonds is 31. The summed E-state index contributed by atoms with van der Waals surface area (Å²) in [6.45, 7) is 4.07. The van der Waals surface area contributed by atoms with Crippen molar-refractivity contribution in [2.45, 2.75) is 161 Å². The lowest BCUT2D eigenvalue weighted by Gasteiger charge is -2.12. The van der Waals surface area contributed by atoms with Crippen LogP contribution < -0.4 is 0 Å². The van der Waals surface area contributed by atoms with Gasteiger partial charge >= 0.3 is 11.9 Å². The Bertz CT molecular complexity index is 810. The lowest BCUT2D eigenvalue weighted by Crippen LogP contribution is -2.25. The van der Waals surface area contributed by atoms with Crippen LogP contribution in [-0.2, 0) is 23.9 Å². The summed E-state index contributed by atoms with van der Waals surface area (Å²) in [6, 6.07) is 0. The molecule has 0 aromatic carbocycles. The van der Waals surface area contributed by atoms with E-state index in [1.54, 1.807) is 6.08 Å². The fourth-order valence-electron chi connectivity index (χ4n) is 4.56. The van der Waals surface area contributed by atoms with E-state index in [2.05, 4.69) is 32.1 Å². The molecule has 0 fully saturated rings. The molecule has 44 heavy (non-hydrogen) atoms. The summed E-state index contributed by atoms with van der Waals surface area (Å²) in [5, 5.41) is 9.96. The highest BCUT2D eigenvalue weighted by atomic mass is 16.6. The Balaban J connectivity index is 3.62. The molecule has 6 heteroatoms. The first-order chi connectivity index (χ1) is 21.5. The van der Waals surface area contributed by atoms with Crippen molar-refractivity contribution < 1.29 is 29.0 Å². The Morgan fingerprint density at radius 2 is 1.00 bits per heavy atom. The molecule has 0 unspecified atom stereocenters. The summed E-state index contributed by atoms with van der Waals surface area (Å²) in [5.74, 6) is -0.477. The third kappa shape index (κ3) is 32.4. The first kappa shape index (κ1) is 41.5. The zero-order chi connectivity index (χ0) is 32.4. The summed E-state index contributed by atoms with van der Waals surface area (Å²) in [6.07, 6.45) is 37.1. The van der Waals surface area contributed by atoms with Crippen LogP contribution in [-0.4, -0.2) is 42.1 Å². The molecule has 1 N–H and O–H groups in total. The van der Waals surface area contributed by atoms with Crippen LogP contribution >= 0.6 is 0 Å². The maximum atomic E-state index is 11.9. The minimum atomic E-state index is -1.000. The number of hydrogen-bond acceptors (Lipinski definition) is 6. The van der Waals surface area contributed by atoms with Crippen LogP contribution in [0.5, 0.6) is 0 Å². The Morgan fingerprint density at radius 3 is 1.59 bits per heavy atom. The number of ketones is 1. The minimum Gasteiger partial charge on any atom is -0.463 e. The second kappa shape index (κ2) is 33.4. The first-order valence-electron chi connectivity index (χ1n) is 17.6. The smallest absolute Gasteiger partial charge is 0.305 e. The highest BCUT2D eigenvalue weighted by Gasteiger charge is 2.12. The summed E-state index contributed by atoms with van der Waals surface area (Å²) in [4.78, 5) is 35.4. The average Bonchev–Trinajstić information content (AvgIpc) is 3.01. The van der Waals surface area contributed by atoms with Crippen LogP contribution in [0.2, 0.25) is 0 Å². The van der Waals surface area contributed by atoms with Gasteiger partial charge in [-0.2, -0.15) is 0 Å².